The summed E-state index contributed by atoms with van der Waals surface area (Å²) >= 11 is 0. The Morgan fingerprint density at radius 3 is 2.66 bits per heavy atom. The SMILES string of the molecule is Cc1nn(CCC#N)c(C)c1CCC(=O)Nc1ccc(N2CCN(C)CC2)nc1. The number of hydrogen-bond acceptors (Lipinski definition) is 6. The van der Waals surface area contributed by atoms with Crippen molar-refractivity contribution in [3.05, 3.63) is 35.3 Å². The Morgan fingerprint density at radius 2 is 2.00 bits per heavy atom. The Hall–Kier alpha value is -2.92. The first-order valence-electron chi connectivity index (χ1n) is 10.1. The molecule has 1 saturated heterocycles. The summed E-state index contributed by atoms with van der Waals surface area (Å²) in [7, 11) is 2.13. The molecule has 0 bridgehead atoms. The lowest BCUT2D eigenvalue weighted by Crippen LogP contribution is -2.44. The summed E-state index contributed by atoms with van der Waals surface area (Å²) in [6.45, 7) is 8.53. The Bertz CT molecular complexity index is 874. The zero-order valence-electron chi connectivity index (χ0n) is 17.5. The number of aromatic nitrogens is 3. The molecule has 3 heterocycles. The van der Waals surface area contributed by atoms with Gasteiger partial charge in [0.1, 0.15) is 5.82 Å². The number of aryl methyl sites for hydroxylation is 2. The van der Waals surface area contributed by atoms with Crippen LogP contribution in [0.1, 0.15) is 29.8 Å². The molecule has 1 aliphatic heterocycles. The van der Waals surface area contributed by atoms with E-state index < -0.39 is 0 Å². The van der Waals surface area contributed by atoms with Crippen molar-refractivity contribution in [2.24, 2.45) is 0 Å². The number of anilines is 2. The van der Waals surface area contributed by atoms with Crippen molar-refractivity contribution in [2.45, 2.75) is 39.7 Å². The van der Waals surface area contributed by atoms with Gasteiger partial charge in [-0.25, -0.2) is 4.98 Å². The second-order valence-corrected chi connectivity index (χ2v) is 7.52. The predicted octanol–water partition coefficient (Wildman–Crippen LogP) is 2.13. The molecule has 29 heavy (non-hydrogen) atoms. The van der Waals surface area contributed by atoms with Crippen molar-refractivity contribution in [3.8, 4) is 6.07 Å². The molecule has 1 amide bonds. The molecule has 0 aliphatic carbocycles. The molecule has 0 aromatic carbocycles. The molecule has 0 atom stereocenters. The third-order valence-corrected chi connectivity index (χ3v) is 5.43. The maximum absolute atomic E-state index is 12.4. The van der Waals surface area contributed by atoms with E-state index in [0.29, 0.717) is 31.5 Å². The first kappa shape index (κ1) is 20.8. The standard InChI is InChI=1S/C21H29N7O/c1-16-19(17(2)28(25-16)10-4-9-22)6-8-21(29)24-18-5-7-20(23-15-18)27-13-11-26(3)12-14-27/h5,7,15H,4,6,8,10-14H2,1-3H3,(H,24,29). The molecule has 2 aromatic heterocycles. The van der Waals surface area contributed by atoms with Crippen LogP contribution in [-0.4, -0.2) is 58.8 Å². The monoisotopic (exact) mass is 395 g/mol. The average Bonchev–Trinajstić information content (AvgIpc) is 2.99. The minimum absolute atomic E-state index is 0.0391. The van der Waals surface area contributed by atoms with E-state index in [0.717, 1.165) is 48.9 Å². The average molecular weight is 396 g/mol. The zero-order chi connectivity index (χ0) is 20.8. The number of amides is 1. The largest absolute Gasteiger partial charge is 0.354 e. The number of carbonyl (C=O) groups excluding carboxylic acids is 1. The normalized spacial score (nSPS) is 14.6. The fourth-order valence-electron chi connectivity index (χ4n) is 3.61. The molecular weight excluding hydrogens is 366 g/mol. The third kappa shape index (κ3) is 5.33. The van der Waals surface area contributed by atoms with E-state index in [-0.39, 0.29) is 5.91 Å². The fraction of sp³-hybridized carbons (Fsp3) is 0.524. The quantitative estimate of drug-likeness (QED) is 0.772. The molecule has 0 radical (unpaired) electrons. The predicted molar refractivity (Wildman–Crippen MR) is 113 cm³/mol. The molecule has 8 heteroatoms. The van der Waals surface area contributed by atoms with Crippen molar-refractivity contribution in [1.82, 2.24) is 19.7 Å². The maximum atomic E-state index is 12.4. The van der Waals surface area contributed by atoms with Gasteiger partial charge >= 0.3 is 0 Å². The van der Waals surface area contributed by atoms with E-state index in [4.69, 9.17) is 5.26 Å². The number of pyridine rings is 1. The van der Waals surface area contributed by atoms with Gasteiger partial charge in [0.15, 0.2) is 0 Å². The molecular formula is C21H29N7O. The third-order valence-electron chi connectivity index (χ3n) is 5.43. The molecule has 1 fully saturated rings. The van der Waals surface area contributed by atoms with Crippen LogP contribution in [0.3, 0.4) is 0 Å². The van der Waals surface area contributed by atoms with Gasteiger partial charge in [-0.2, -0.15) is 10.4 Å². The topological polar surface area (TPSA) is 90.1 Å². The first-order valence-corrected chi connectivity index (χ1v) is 10.1. The van der Waals surface area contributed by atoms with Crippen molar-refractivity contribution < 1.29 is 4.79 Å². The summed E-state index contributed by atoms with van der Waals surface area (Å²) in [6.07, 6.45) is 3.16. The molecule has 0 saturated carbocycles. The minimum Gasteiger partial charge on any atom is -0.354 e. The van der Waals surface area contributed by atoms with Gasteiger partial charge in [0.2, 0.25) is 5.91 Å². The highest BCUT2D eigenvalue weighted by molar-refractivity contribution is 5.90. The molecule has 0 spiro atoms. The van der Waals surface area contributed by atoms with E-state index >= 15 is 0 Å². The number of carbonyl (C=O) groups is 1. The molecule has 154 valence electrons. The smallest absolute Gasteiger partial charge is 0.224 e. The van der Waals surface area contributed by atoms with Crippen LogP contribution in [0.4, 0.5) is 11.5 Å². The fourth-order valence-corrected chi connectivity index (χ4v) is 3.61. The second kappa shape index (κ2) is 9.52. The highest BCUT2D eigenvalue weighted by Gasteiger charge is 2.16. The van der Waals surface area contributed by atoms with E-state index in [1.807, 2.05) is 30.7 Å². The van der Waals surface area contributed by atoms with Crippen molar-refractivity contribution in [3.63, 3.8) is 0 Å². The Kier molecular flexibility index (Phi) is 6.83. The van der Waals surface area contributed by atoms with Gasteiger partial charge in [-0.15, -0.1) is 0 Å². The van der Waals surface area contributed by atoms with E-state index in [9.17, 15) is 4.79 Å². The second-order valence-electron chi connectivity index (χ2n) is 7.52. The number of rotatable bonds is 7. The van der Waals surface area contributed by atoms with Gasteiger partial charge in [0, 0.05) is 38.3 Å². The van der Waals surface area contributed by atoms with Crippen molar-refractivity contribution >= 4 is 17.4 Å². The van der Waals surface area contributed by atoms with Gasteiger partial charge in [0.05, 0.1) is 36.6 Å². The van der Waals surface area contributed by atoms with Crippen LogP contribution < -0.4 is 10.2 Å². The summed E-state index contributed by atoms with van der Waals surface area (Å²) in [5.41, 5.74) is 3.75. The van der Waals surface area contributed by atoms with Gasteiger partial charge in [0.25, 0.3) is 0 Å². The molecule has 1 N–H and O–H groups in total. The Morgan fingerprint density at radius 1 is 1.24 bits per heavy atom. The summed E-state index contributed by atoms with van der Waals surface area (Å²) in [5, 5.41) is 16.2. The van der Waals surface area contributed by atoms with Crippen molar-refractivity contribution in [1.29, 1.82) is 5.26 Å². The highest BCUT2D eigenvalue weighted by Crippen LogP contribution is 2.18. The number of nitrogens with one attached hydrogen (secondary N) is 1. The highest BCUT2D eigenvalue weighted by atomic mass is 16.1. The van der Waals surface area contributed by atoms with Crippen molar-refractivity contribution in [2.75, 3.05) is 43.4 Å². The van der Waals surface area contributed by atoms with Crippen LogP contribution in [0.2, 0.25) is 0 Å². The van der Waals surface area contributed by atoms with Crippen LogP contribution in [0.25, 0.3) is 0 Å². The molecule has 2 aromatic rings. The first-order chi connectivity index (χ1) is 14.0. The van der Waals surface area contributed by atoms with Crippen LogP contribution in [0, 0.1) is 25.2 Å². The number of piperazine rings is 1. The van der Waals surface area contributed by atoms with Crippen LogP contribution in [-0.2, 0) is 17.8 Å². The van der Waals surface area contributed by atoms with Crippen LogP contribution >= 0.6 is 0 Å². The summed E-state index contributed by atoms with van der Waals surface area (Å²) < 4.78 is 1.85. The zero-order valence-corrected chi connectivity index (χ0v) is 17.5. The lowest BCUT2D eigenvalue weighted by atomic mass is 10.1. The number of likely N-dealkylation sites (N-methyl/N-ethyl adjacent to an activating group) is 1. The number of hydrogen-bond donors (Lipinski definition) is 1. The van der Waals surface area contributed by atoms with E-state index in [2.05, 4.69) is 38.3 Å². The molecule has 0 unspecified atom stereocenters. The molecule has 8 nitrogen and oxygen atoms in total. The summed E-state index contributed by atoms with van der Waals surface area (Å²) in [5.74, 6) is 0.912. The Labute approximate surface area is 172 Å². The van der Waals surface area contributed by atoms with Gasteiger partial charge in [-0.1, -0.05) is 0 Å². The van der Waals surface area contributed by atoms with Crippen LogP contribution in [0.5, 0.6) is 0 Å². The lowest BCUT2D eigenvalue weighted by molar-refractivity contribution is -0.116. The summed E-state index contributed by atoms with van der Waals surface area (Å²) in [6, 6.07) is 6.02. The molecule has 3 rings (SSSR count). The number of nitriles is 1. The minimum atomic E-state index is -0.0391. The van der Waals surface area contributed by atoms with Crippen LogP contribution in [0.15, 0.2) is 18.3 Å². The van der Waals surface area contributed by atoms with Gasteiger partial charge < -0.3 is 15.1 Å². The lowest BCUT2D eigenvalue weighted by Gasteiger charge is -2.33. The Balaban J connectivity index is 1.52. The number of nitrogens with zero attached hydrogens (tertiary/aromatic N) is 6. The maximum Gasteiger partial charge on any atom is 0.224 e. The van der Waals surface area contributed by atoms with E-state index in [1.54, 1.807) is 6.20 Å². The summed E-state index contributed by atoms with van der Waals surface area (Å²) in [4.78, 5) is 21.5. The van der Waals surface area contributed by atoms with Gasteiger partial charge in [-0.3, -0.25) is 9.48 Å². The van der Waals surface area contributed by atoms with Gasteiger partial charge in [-0.05, 0) is 45.0 Å². The van der Waals surface area contributed by atoms with E-state index in [1.165, 1.54) is 0 Å². The molecule has 1 aliphatic rings.